The van der Waals surface area contributed by atoms with E-state index in [1.165, 1.54) is 45.6 Å². The van der Waals surface area contributed by atoms with Gasteiger partial charge in [-0.15, -0.1) is 0 Å². The maximum Gasteiger partial charge on any atom is 0.229 e. The second-order valence-corrected chi connectivity index (χ2v) is 8.85. The van der Waals surface area contributed by atoms with E-state index in [1.54, 1.807) is 18.2 Å². The number of methoxy groups -OCH3 is 3. The summed E-state index contributed by atoms with van der Waals surface area (Å²) in [5, 5.41) is 69.9. The van der Waals surface area contributed by atoms with Gasteiger partial charge in [0.05, 0.1) is 41.2 Å². The molecule has 222 valence electrons. The molecule has 2 aromatic rings. The van der Waals surface area contributed by atoms with Crippen LogP contribution in [-0.2, 0) is 4.74 Å². The average Bonchev–Trinajstić information content (AvgIpc) is 2.98. The molecule has 1 aliphatic rings. The molecule has 1 heterocycles. The summed E-state index contributed by atoms with van der Waals surface area (Å²) >= 11 is 0. The Hall–Kier alpha value is -3.14. The molecule has 2 aromatic carbocycles. The Morgan fingerprint density at radius 1 is 0.850 bits per heavy atom. The van der Waals surface area contributed by atoms with E-state index in [0.717, 1.165) is 0 Å². The Labute approximate surface area is 231 Å². The third-order valence-corrected chi connectivity index (χ3v) is 6.32. The molecule has 13 heteroatoms. The zero-order valence-corrected chi connectivity index (χ0v) is 22.3. The van der Waals surface area contributed by atoms with Crippen LogP contribution in [0, 0.1) is 0 Å². The van der Waals surface area contributed by atoms with Crippen molar-refractivity contribution in [2.45, 2.75) is 42.9 Å². The highest BCUT2D eigenvalue weighted by Gasteiger charge is 2.45. The van der Waals surface area contributed by atoms with Gasteiger partial charge < -0.3 is 64.2 Å². The highest BCUT2D eigenvalue weighted by atomic mass is 16.7. The summed E-state index contributed by atoms with van der Waals surface area (Å²) in [6.45, 7) is -1.37. The molecule has 1 aliphatic heterocycles. The minimum Gasteiger partial charge on any atom is -0.493 e. The molecule has 1 fully saturated rings. The fourth-order valence-corrected chi connectivity index (χ4v) is 4.12. The fourth-order valence-electron chi connectivity index (χ4n) is 4.12. The molecule has 3 rings (SSSR count). The van der Waals surface area contributed by atoms with Crippen molar-refractivity contribution in [2.24, 2.45) is 0 Å². The van der Waals surface area contributed by atoms with Crippen LogP contribution < -0.4 is 23.7 Å². The molecule has 2 unspecified atom stereocenters. The number of hydrogen-bond acceptors (Lipinski definition) is 13. The van der Waals surface area contributed by atoms with E-state index in [2.05, 4.69) is 0 Å². The number of rotatable bonds is 13. The Balaban J connectivity index is 1.84. The van der Waals surface area contributed by atoms with E-state index in [1.807, 2.05) is 0 Å². The van der Waals surface area contributed by atoms with Crippen molar-refractivity contribution in [2.75, 3.05) is 41.2 Å². The van der Waals surface area contributed by atoms with E-state index in [0.29, 0.717) is 5.56 Å². The van der Waals surface area contributed by atoms with Gasteiger partial charge in [0.1, 0.15) is 30.5 Å². The van der Waals surface area contributed by atoms with Crippen LogP contribution in [0.4, 0.5) is 0 Å². The molecule has 0 amide bonds. The highest BCUT2D eigenvalue weighted by molar-refractivity contribution is 5.62. The van der Waals surface area contributed by atoms with Gasteiger partial charge in [0, 0.05) is 0 Å². The second-order valence-electron chi connectivity index (χ2n) is 8.85. The lowest BCUT2D eigenvalue weighted by Gasteiger charge is -2.39. The normalized spacial score (nSPS) is 24.4. The largest absolute Gasteiger partial charge is 0.493 e. The van der Waals surface area contributed by atoms with Gasteiger partial charge in [-0.2, -0.15) is 0 Å². The number of ether oxygens (including phenoxy) is 6. The molecule has 40 heavy (non-hydrogen) atoms. The highest BCUT2D eigenvalue weighted by Crippen LogP contribution is 2.41. The summed E-state index contributed by atoms with van der Waals surface area (Å²) in [5.74, 6) is 0.852. The average molecular weight is 569 g/mol. The fraction of sp³-hybridized carbons (Fsp3) is 0.481. The molecule has 13 nitrogen and oxygen atoms in total. The van der Waals surface area contributed by atoms with E-state index in [4.69, 9.17) is 33.5 Å². The first kappa shape index (κ1) is 31.4. The molecule has 0 saturated carbocycles. The molecule has 7 N–H and O–H groups in total. The molecule has 0 aromatic heterocycles. The van der Waals surface area contributed by atoms with Gasteiger partial charge in [-0.3, -0.25) is 0 Å². The third-order valence-electron chi connectivity index (χ3n) is 6.32. The van der Waals surface area contributed by atoms with Crippen LogP contribution in [0.25, 0.3) is 6.08 Å². The molecule has 0 bridgehead atoms. The van der Waals surface area contributed by atoms with Gasteiger partial charge in [-0.1, -0.05) is 18.2 Å². The van der Waals surface area contributed by atoms with Crippen LogP contribution in [0.15, 0.2) is 36.4 Å². The van der Waals surface area contributed by atoms with E-state index in [9.17, 15) is 30.6 Å². The van der Waals surface area contributed by atoms with Crippen LogP contribution in [0.1, 0.15) is 17.2 Å². The van der Waals surface area contributed by atoms with Gasteiger partial charge in [-0.25, -0.2) is 0 Å². The van der Waals surface area contributed by atoms with Gasteiger partial charge in [-0.05, 0) is 35.4 Å². The SMILES string of the molecule is COc1cc(C(O)C(CO)Oc2c(OC)cc(/C=C/CO)cc2OC)ccc1O[C@@H]1O[C@H](CO)[C@@H](O)[C@H](O)[C@@H]1O. The van der Waals surface area contributed by atoms with Crippen LogP contribution in [0.2, 0.25) is 0 Å². The Morgan fingerprint density at radius 3 is 2.05 bits per heavy atom. The van der Waals surface area contributed by atoms with E-state index < -0.39 is 56.1 Å². The van der Waals surface area contributed by atoms with Crippen molar-refractivity contribution in [1.29, 1.82) is 0 Å². The van der Waals surface area contributed by atoms with Crippen molar-refractivity contribution in [3.8, 4) is 28.7 Å². The Morgan fingerprint density at radius 2 is 1.50 bits per heavy atom. The Bertz CT molecular complexity index is 1100. The van der Waals surface area contributed by atoms with Crippen LogP contribution in [0.5, 0.6) is 28.7 Å². The van der Waals surface area contributed by atoms with Gasteiger partial charge in [0.25, 0.3) is 0 Å². The van der Waals surface area contributed by atoms with Crippen LogP contribution >= 0.6 is 0 Å². The predicted octanol–water partition coefficient (Wildman–Crippen LogP) is -0.630. The first-order valence-corrected chi connectivity index (χ1v) is 12.4. The summed E-state index contributed by atoms with van der Waals surface area (Å²) in [7, 11) is 4.18. The lowest BCUT2D eigenvalue weighted by molar-refractivity contribution is -0.277. The van der Waals surface area contributed by atoms with E-state index in [-0.39, 0.29) is 40.9 Å². The maximum absolute atomic E-state index is 11.1. The molecule has 0 aliphatic carbocycles. The minimum atomic E-state index is -1.63. The number of aliphatic hydroxyl groups excluding tert-OH is 7. The monoisotopic (exact) mass is 568 g/mol. The zero-order valence-electron chi connectivity index (χ0n) is 22.3. The van der Waals surface area contributed by atoms with Crippen molar-refractivity contribution < 1.29 is 64.2 Å². The topological polar surface area (TPSA) is 197 Å². The number of benzene rings is 2. The minimum absolute atomic E-state index is 0.0686. The summed E-state index contributed by atoms with van der Waals surface area (Å²) in [6, 6.07) is 7.58. The molecular weight excluding hydrogens is 532 g/mol. The molecular formula is C27H36O13. The van der Waals surface area contributed by atoms with Crippen molar-refractivity contribution in [3.05, 3.63) is 47.5 Å². The maximum atomic E-state index is 11.1. The van der Waals surface area contributed by atoms with Gasteiger partial charge in [0.15, 0.2) is 29.1 Å². The van der Waals surface area contributed by atoms with Crippen LogP contribution in [-0.4, -0.2) is 114 Å². The van der Waals surface area contributed by atoms with Gasteiger partial charge in [0.2, 0.25) is 12.0 Å². The summed E-state index contributed by atoms with van der Waals surface area (Å²) in [5.41, 5.74) is 0.938. The second kappa shape index (κ2) is 14.5. The lowest BCUT2D eigenvalue weighted by Crippen LogP contribution is -2.60. The van der Waals surface area contributed by atoms with Crippen molar-refractivity contribution >= 4 is 6.08 Å². The first-order valence-electron chi connectivity index (χ1n) is 12.4. The lowest BCUT2D eigenvalue weighted by atomic mass is 9.99. The molecule has 0 spiro atoms. The van der Waals surface area contributed by atoms with Crippen molar-refractivity contribution in [1.82, 2.24) is 0 Å². The first-order chi connectivity index (χ1) is 19.2. The quantitative estimate of drug-likeness (QED) is 0.161. The standard InChI is InChI=1S/C27H36O13/c1-35-17-11-15(6-7-16(17)39-27-25(34)24(33)23(32)21(13-30)40-27)22(31)20(12-29)38-26-18(36-2)9-14(5-4-8-28)10-19(26)37-3/h4-7,9-11,20-25,27-34H,8,12-13H2,1-3H3/b5-4+/t20?,21-,22?,23-,24+,25+,27-/m1/s1. The Kier molecular flexibility index (Phi) is 11.4. The third kappa shape index (κ3) is 6.95. The predicted molar refractivity (Wildman–Crippen MR) is 140 cm³/mol. The smallest absolute Gasteiger partial charge is 0.229 e. The zero-order chi connectivity index (χ0) is 29.4. The van der Waals surface area contributed by atoms with E-state index >= 15 is 0 Å². The summed E-state index contributed by atoms with van der Waals surface area (Å²) in [6.07, 6.45) is -6.75. The van der Waals surface area contributed by atoms with Crippen molar-refractivity contribution in [3.63, 3.8) is 0 Å². The molecule has 0 radical (unpaired) electrons. The number of hydrogen-bond donors (Lipinski definition) is 7. The number of aliphatic hydroxyl groups is 7. The van der Waals surface area contributed by atoms with Crippen LogP contribution in [0.3, 0.4) is 0 Å². The summed E-state index contributed by atoms with van der Waals surface area (Å²) < 4.78 is 33.2. The molecule has 1 saturated heterocycles. The molecule has 7 atom stereocenters. The van der Waals surface area contributed by atoms with Gasteiger partial charge >= 0.3 is 0 Å². The summed E-state index contributed by atoms with van der Waals surface area (Å²) in [4.78, 5) is 0.